The Balaban J connectivity index is 2.30. The van der Waals surface area contributed by atoms with E-state index in [2.05, 4.69) is 0 Å². The molecule has 15 heavy (non-hydrogen) atoms. The molecule has 0 saturated heterocycles. The Morgan fingerprint density at radius 3 is 2.53 bits per heavy atom. The van der Waals surface area contributed by atoms with Crippen LogP contribution in [0.25, 0.3) is 0 Å². The second-order valence-corrected chi connectivity index (χ2v) is 3.72. The fourth-order valence-corrected chi connectivity index (χ4v) is 1.86. The molecule has 0 aromatic carbocycles. The predicted molar refractivity (Wildman–Crippen MR) is 55.6 cm³/mol. The van der Waals surface area contributed by atoms with E-state index >= 15 is 0 Å². The molecule has 1 aliphatic rings. The van der Waals surface area contributed by atoms with E-state index in [1.807, 2.05) is 6.92 Å². The minimum Gasteiger partial charge on any atom is -0.458 e. The van der Waals surface area contributed by atoms with Crippen LogP contribution in [0.1, 0.15) is 32.6 Å². The summed E-state index contributed by atoms with van der Waals surface area (Å²) in [6.07, 6.45) is 4.10. The van der Waals surface area contributed by atoms with Crippen LogP contribution in [0.4, 0.5) is 0 Å². The molecule has 1 rings (SSSR count). The fraction of sp³-hybridized carbons (Fsp3) is 0.909. The largest absolute Gasteiger partial charge is 0.458 e. The van der Waals surface area contributed by atoms with Crippen LogP contribution in [-0.4, -0.2) is 38.5 Å². The first-order chi connectivity index (χ1) is 7.27. The van der Waals surface area contributed by atoms with E-state index in [4.69, 9.17) is 14.2 Å². The molecule has 1 saturated carbocycles. The Kier molecular flexibility index (Phi) is 5.65. The van der Waals surface area contributed by atoms with Gasteiger partial charge in [0.05, 0.1) is 6.10 Å². The van der Waals surface area contributed by atoms with Crippen molar-refractivity contribution in [3.05, 3.63) is 0 Å². The molecule has 2 atom stereocenters. The summed E-state index contributed by atoms with van der Waals surface area (Å²) >= 11 is 0. The number of hydrogen-bond donors (Lipinski definition) is 0. The summed E-state index contributed by atoms with van der Waals surface area (Å²) in [4.78, 5) is 11.3. The summed E-state index contributed by atoms with van der Waals surface area (Å²) in [6, 6.07) is 0. The third-order valence-corrected chi connectivity index (χ3v) is 2.65. The highest BCUT2D eigenvalue weighted by atomic mass is 16.6. The molecule has 0 aliphatic heterocycles. The molecule has 0 N–H and O–H groups in total. The summed E-state index contributed by atoms with van der Waals surface area (Å²) in [5.74, 6) is -0.286. The lowest BCUT2D eigenvalue weighted by molar-refractivity contribution is -0.164. The Hall–Kier alpha value is -0.610. The van der Waals surface area contributed by atoms with Crippen molar-refractivity contribution in [1.29, 1.82) is 0 Å². The molecule has 1 aliphatic carbocycles. The van der Waals surface area contributed by atoms with Crippen molar-refractivity contribution in [3.8, 4) is 0 Å². The maximum absolute atomic E-state index is 11.3. The number of methoxy groups -OCH3 is 1. The quantitative estimate of drug-likeness (QED) is 0.654. The zero-order valence-corrected chi connectivity index (χ0v) is 9.53. The normalized spacial score (nSPS) is 26.3. The number of rotatable bonds is 5. The van der Waals surface area contributed by atoms with E-state index in [-0.39, 0.29) is 24.8 Å². The first-order valence-corrected chi connectivity index (χ1v) is 5.58. The van der Waals surface area contributed by atoms with E-state index < -0.39 is 0 Å². The Morgan fingerprint density at radius 2 is 1.93 bits per heavy atom. The van der Waals surface area contributed by atoms with Crippen molar-refractivity contribution in [2.24, 2.45) is 0 Å². The van der Waals surface area contributed by atoms with Crippen LogP contribution in [-0.2, 0) is 19.0 Å². The third kappa shape index (κ3) is 4.18. The first-order valence-electron chi connectivity index (χ1n) is 5.58. The van der Waals surface area contributed by atoms with Gasteiger partial charge in [-0.25, -0.2) is 4.79 Å². The average Bonchev–Trinajstić information content (AvgIpc) is 2.27. The van der Waals surface area contributed by atoms with Gasteiger partial charge >= 0.3 is 5.97 Å². The van der Waals surface area contributed by atoms with Crippen molar-refractivity contribution >= 4 is 5.97 Å². The number of hydrogen-bond acceptors (Lipinski definition) is 4. The molecule has 1 fully saturated rings. The Bertz CT molecular complexity index is 193. The molecule has 0 aromatic heterocycles. The van der Waals surface area contributed by atoms with E-state index in [9.17, 15) is 4.79 Å². The van der Waals surface area contributed by atoms with Gasteiger partial charge in [0, 0.05) is 13.7 Å². The summed E-state index contributed by atoms with van der Waals surface area (Å²) in [6.45, 7) is 2.43. The predicted octanol–water partition coefficient (Wildman–Crippen LogP) is 1.52. The molecule has 0 amide bonds. The van der Waals surface area contributed by atoms with Gasteiger partial charge in [0.25, 0.3) is 0 Å². The SMILES string of the molecule is CCOCC(=O)O[C@H]1CCCC[C@@H]1OC. The molecular weight excluding hydrogens is 196 g/mol. The minimum absolute atomic E-state index is 0.0451. The highest BCUT2D eigenvalue weighted by Crippen LogP contribution is 2.23. The molecule has 88 valence electrons. The molecule has 0 spiro atoms. The first kappa shape index (κ1) is 12.5. The molecular formula is C11H20O4. The van der Waals surface area contributed by atoms with Crippen LogP contribution in [0.5, 0.6) is 0 Å². The van der Waals surface area contributed by atoms with Crippen molar-refractivity contribution in [1.82, 2.24) is 0 Å². The molecule has 0 bridgehead atoms. The summed E-state index contributed by atoms with van der Waals surface area (Å²) in [5, 5.41) is 0. The molecule has 4 heteroatoms. The third-order valence-electron chi connectivity index (χ3n) is 2.65. The molecule has 0 aromatic rings. The van der Waals surface area contributed by atoms with Gasteiger partial charge in [0.1, 0.15) is 12.7 Å². The molecule has 0 unspecified atom stereocenters. The lowest BCUT2D eigenvalue weighted by Gasteiger charge is -2.29. The number of carbonyl (C=O) groups is 1. The van der Waals surface area contributed by atoms with Gasteiger partial charge in [-0.3, -0.25) is 0 Å². The van der Waals surface area contributed by atoms with Gasteiger partial charge in [0.2, 0.25) is 0 Å². The van der Waals surface area contributed by atoms with Crippen LogP contribution in [0.15, 0.2) is 0 Å². The standard InChI is InChI=1S/C11H20O4/c1-3-14-8-11(12)15-10-7-5-4-6-9(10)13-2/h9-10H,3-8H2,1-2H3/t9-,10-/m0/s1. The summed E-state index contributed by atoms with van der Waals surface area (Å²) in [5.41, 5.74) is 0. The van der Waals surface area contributed by atoms with Gasteiger partial charge in [-0.1, -0.05) is 6.42 Å². The zero-order chi connectivity index (χ0) is 11.1. The molecule has 0 radical (unpaired) electrons. The Morgan fingerprint density at radius 1 is 1.27 bits per heavy atom. The van der Waals surface area contributed by atoms with Crippen LogP contribution in [0.3, 0.4) is 0 Å². The second kappa shape index (κ2) is 6.80. The number of ether oxygens (including phenoxy) is 3. The average molecular weight is 216 g/mol. The lowest BCUT2D eigenvalue weighted by atomic mass is 9.94. The number of esters is 1. The maximum atomic E-state index is 11.3. The highest BCUT2D eigenvalue weighted by molar-refractivity contribution is 5.70. The van der Waals surface area contributed by atoms with E-state index in [0.29, 0.717) is 6.61 Å². The van der Waals surface area contributed by atoms with Crippen molar-refractivity contribution in [3.63, 3.8) is 0 Å². The van der Waals surface area contributed by atoms with Crippen LogP contribution in [0, 0.1) is 0 Å². The van der Waals surface area contributed by atoms with Crippen molar-refractivity contribution in [2.75, 3.05) is 20.3 Å². The molecule has 4 nitrogen and oxygen atoms in total. The summed E-state index contributed by atoms with van der Waals surface area (Å²) < 4.78 is 15.6. The lowest BCUT2D eigenvalue weighted by Crippen LogP contribution is -2.36. The Labute approximate surface area is 90.9 Å². The fourth-order valence-electron chi connectivity index (χ4n) is 1.86. The zero-order valence-electron chi connectivity index (χ0n) is 9.53. The van der Waals surface area contributed by atoms with E-state index in [0.717, 1.165) is 25.7 Å². The number of carbonyl (C=O) groups excluding carboxylic acids is 1. The minimum atomic E-state index is -0.286. The molecule has 0 heterocycles. The van der Waals surface area contributed by atoms with Gasteiger partial charge in [-0.2, -0.15) is 0 Å². The topological polar surface area (TPSA) is 44.8 Å². The van der Waals surface area contributed by atoms with Crippen LogP contribution >= 0.6 is 0 Å². The van der Waals surface area contributed by atoms with Gasteiger partial charge in [-0.15, -0.1) is 0 Å². The van der Waals surface area contributed by atoms with Crippen LogP contribution < -0.4 is 0 Å². The second-order valence-electron chi connectivity index (χ2n) is 3.72. The van der Waals surface area contributed by atoms with Gasteiger partial charge in [0.15, 0.2) is 0 Å². The van der Waals surface area contributed by atoms with Crippen molar-refractivity contribution in [2.45, 2.75) is 44.8 Å². The van der Waals surface area contributed by atoms with E-state index in [1.54, 1.807) is 7.11 Å². The monoisotopic (exact) mass is 216 g/mol. The van der Waals surface area contributed by atoms with Gasteiger partial charge in [-0.05, 0) is 26.2 Å². The van der Waals surface area contributed by atoms with E-state index in [1.165, 1.54) is 0 Å². The highest BCUT2D eigenvalue weighted by Gasteiger charge is 2.27. The van der Waals surface area contributed by atoms with Crippen molar-refractivity contribution < 1.29 is 19.0 Å². The smallest absolute Gasteiger partial charge is 0.332 e. The van der Waals surface area contributed by atoms with Gasteiger partial charge < -0.3 is 14.2 Å². The van der Waals surface area contributed by atoms with Crippen LogP contribution in [0.2, 0.25) is 0 Å². The maximum Gasteiger partial charge on any atom is 0.332 e. The summed E-state index contributed by atoms with van der Waals surface area (Å²) in [7, 11) is 1.67.